The van der Waals surface area contributed by atoms with Gasteiger partial charge in [0.15, 0.2) is 0 Å². The molecule has 2 aliphatic heterocycles. The minimum absolute atomic E-state index is 0.0947. The number of nitrogens with zero attached hydrogens (tertiary/aromatic N) is 2. The van der Waals surface area contributed by atoms with E-state index < -0.39 is 6.10 Å². The summed E-state index contributed by atoms with van der Waals surface area (Å²) in [4.78, 5) is 19.5. The van der Waals surface area contributed by atoms with E-state index in [1.807, 2.05) is 11.0 Å². The van der Waals surface area contributed by atoms with Crippen molar-refractivity contribution in [3.05, 3.63) is 76.0 Å². The fraction of sp³-hybridized carbons (Fsp3) is 0.448. The molecule has 1 aromatic heterocycles. The number of benzene rings is 1. The highest BCUT2D eigenvalue weighted by atomic mass is 127. The number of nitrogens with one attached hydrogen (secondary N) is 1. The molecule has 2 saturated carbocycles. The molecule has 0 radical (unpaired) electrons. The van der Waals surface area contributed by atoms with Gasteiger partial charge in [-0.1, -0.05) is 34.2 Å². The maximum absolute atomic E-state index is 14.4. The van der Waals surface area contributed by atoms with E-state index in [1.54, 1.807) is 17.8 Å². The number of pyridine rings is 1. The average Bonchev–Trinajstić information content (AvgIpc) is 3.76. The number of rotatable bonds is 4. The second-order valence-corrected chi connectivity index (χ2v) is 13.0. The van der Waals surface area contributed by atoms with Crippen LogP contribution in [0.1, 0.15) is 61.4 Å². The zero-order chi connectivity index (χ0) is 24.6. The van der Waals surface area contributed by atoms with Crippen molar-refractivity contribution in [3.63, 3.8) is 0 Å². The normalized spacial score (nSPS) is 27.6. The molecule has 5 nitrogen and oxygen atoms in total. The van der Waals surface area contributed by atoms with E-state index in [0.29, 0.717) is 30.3 Å². The van der Waals surface area contributed by atoms with Crippen LogP contribution < -0.4 is 15.0 Å². The first-order valence-electron chi connectivity index (χ1n) is 13.0. The minimum Gasteiger partial charge on any atom is -0.484 e. The van der Waals surface area contributed by atoms with E-state index in [1.165, 1.54) is 37.3 Å². The molecule has 2 aromatic rings. The first-order valence-corrected chi connectivity index (χ1v) is 14.1. The van der Waals surface area contributed by atoms with Crippen LogP contribution in [-0.4, -0.2) is 21.0 Å². The van der Waals surface area contributed by atoms with Crippen LogP contribution in [0.3, 0.4) is 0 Å². The van der Waals surface area contributed by atoms with Gasteiger partial charge in [0.25, 0.3) is 0 Å². The largest absolute Gasteiger partial charge is 0.484 e. The lowest BCUT2D eigenvalue weighted by molar-refractivity contribution is 0.167. The number of carbonyl (C=O) groups excluding carboxylic acids is 1. The fourth-order valence-electron chi connectivity index (χ4n) is 6.16. The van der Waals surface area contributed by atoms with Gasteiger partial charge in [-0.3, -0.25) is 9.88 Å². The molecule has 1 aromatic carbocycles. The molecule has 5 aliphatic rings. The Morgan fingerprint density at radius 3 is 2.81 bits per heavy atom. The molecule has 1 saturated heterocycles. The summed E-state index contributed by atoms with van der Waals surface area (Å²) in [5, 5.41) is 3.25. The molecular weight excluding hydrogens is 568 g/mol. The molecule has 7 heteroatoms. The highest BCUT2D eigenvalue weighted by Crippen LogP contribution is 2.56. The molecule has 0 spiro atoms. The van der Waals surface area contributed by atoms with Crippen molar-refractivity contribution < 1.29 is 13.9 Å². The van der Waals surface area contributed by atoms with Crippen molar-refractivity contribution in [2.24, 2.45) is 11.8 Å². The number of fused-ring (bicyclic) bond motifs is 2. The highest BCUT2D eigenvalue weighted by molar-refractivity contribution is 14.1. The quantitative estimate of drug-likeness (QED) is 0.315. The Kier molecular flexibility index (Phi) is 5.24. The summed E-state index contributed by atoms with van der Waals surface area (Å²) >= 11 is 2.65. The molecule has 7 rings (SSSR count). The van der Waals surface area contributed by atoms with Crippen LogP contribution >= 0.6 is 22.6 Å². The monoisotopic (exact) mass is 597 g/mol. The van der Waals surface area contributed by atoms with Gasteiger partial charge >= 0.3 is 6.03 Å². The van der Waals surface area contributed by atoms with Crippen LogP contribution in [-0.2, 0) is 6.42 Å². The number of carbonyl (C=O) groups is 1. The van der Waals surface area contributed by atoms with Crippen LogP contribution in [0.4, 0.5) is 14.9 Å². The van der Waals surface area contributed by atoms with Gasteiger partial charge < -0.3 is 10.1 Å². The van der Waals surface area contributed by atoms with Gasteiger partial charge in [0.1, 0.15) is 23.4 Å². The van der Waals surface area contributed by atoms with Crippen molar-refractivity contribution in [1.29, 1.82) is 0 Å². The van der Waals surface area contributed by atoms with E-state index in [9.17, 15) is 9.18 Å². The van der Waals surface area contributed by atoms with Crippen molar-refractivity contribution in [2.45, 2.75) is 61.4 Å². The Bertz CT molecular complexity index is 1350. The van der Waals surface area contributed by atoms with E-state index >= 15 is 0 Å². The lowest BCUT2D eigenvalue weighted by Crippen LogP contribution is -2.49. The number of allylic oxidation sites excluding steroid dienone is 2. The van der Waals surface area contributed by atoms with E-state index in [0.717, 1.165) is 41.3 Å². The number of hydrogen-bond acceptors (Lipinski definition) is 3. The van der Waals surface area contributed by atoms with Crippen LogP contribution in [0, 0.1) is 24.6 Å². The number of aryl methyl sites for hydroxylation is 2. The predicted octanol–water partition coefficient (Wildman–Crippen LogP) is 6.70. The Labute approximate surface area is 224 Å². The third-order valence-corrected chi connectivity index (χ3v) is 9.97. The van der Waals surface area contributed by atoms with Crippen molar-refractivity contribution in [1.82, 2.24) is 10.3 Å². The van der Waals surface area contributed by atoms with Gasteiger partial charge in [-0.15, -0.1) is 0 Å². The summed E-state index contributed by atoms with van der Waals surface area (Å²) in [6.45, 7) is 2.64. The summed E-state index contributed by atoms with van der Waals surface area (Å²) in [5.74, 6) is 1.76. The second kappa shape index (κ2) is 8.30. The topological polar surface area (TPSA) is 54.5 Å². The molecule has 36 heavy (non-hydrogen) atoms. The maximum atomic E-state index is 14.4. The molecule has 2 amide bonds. The first kappa shape index (κ1) is 22.8. The van der Waals surface area contributed by atoms with Crippen LogP contribution in [0.2, 0.25) is 0 Å². The van der Waals surface area contributed by atoms with Crippen molar-refractivity contribution >= 4 is 34.3 Å². The van der Waals surface area contributed by atoms with Gasteiger partial charge in [-0.05, 0) is 98.6 Å². The third-order valence-electron chi connectivity index (χ3n) is 8.39. The van der Waals surface area contributed by atoms with Gasteiger partial charge in [-0.2, -0.15) is 0 Å². The SMILES string of the molecule is Cc1cc2c(cc1N1CC3=C(C4CC4)CC(I)(C4CC4)C=C3NC1=O)OC(c1ncccc1F)CC2. The van der Waals surface area contributed by atoms with E-state index in [-0.39, 0.29) is 15.3 Å². The van der Waals surface area contributed by atoms with Crippen LogP contribution in [0.5, 0.6) is 5.75 Å². The summed E-state index contributed by atoms with van der Waals surface area (Å²) < 4.78 is 20.8. The first-order chi connectivity index (χ1) is 17.4. The van der Waals surface area contributed by atoms with Crippen molar-refractivity contribution in [3.8, 4) is 5.75 Å². The minimum atomic E-state index is -0.430. The van der Waals surface area contributed by atoms with Gasteiger partial charge in [-0.25, -0.2) is 9.18 Å². The average molecular weight is 597 g/mol. The summed E-state index contributed by atoms with van der Waals surface area (Å²) in [7, 11) is 0. The van der Waals surface area contributed by atoms with E-state index in [2.05, 4.69) is 52.0 Å². The number of aromatic nitrogens is 1. The molecule has 2 atom stereocenters. The molecule has 1 N–H and O–H groups in total. The van der Waals surface area contributed by atoms with E-state index in [4.69, 9.17) is 4.74 Å². The zero-order valence-corrected chi connectivity index (χ0v) is 22.5. The number of alkyl halides is 1. The molecular formula is C29H29FIN3O2. The van der Waals surface area contributed by atoms with Crippen LogP contribution in [0.25, 0.3) is 0 Å². The number of ether oxygens (including phenoxy) is 1. The van der Waals surface area contributed by atoms with Gasteiger partial charge in [0.2, 0.25) is 0 Å². The lowest BCUT2D eigenvalue weighted by atomic mass is 9.81. The number of anilines is 1. The molecule has 3 heterocycles. The molecule has 3 fully saturated rings. The van der Waals surface area contributed by atoms with Gasteiger partial charge in [0, 0.05) is 21.4 Å². The molecule has 0 bridgehead atoms. The zero-order valence-electron chi connectivity index (χ0n) is 20.3. The second-order valence-electron chi connectivity index (χ2n) is 11.0. The summed E-state index contributed by atoms with van der Waals surface area (Å²) in [5.41, 5.74) is 7.22. The van der Waals surface area contributed by atoms with Crippen LogP contribution in [0.15, 0.2) is 53.4 Å². The molecule has 3 aliphatic carbocycles. The Morgan fingerprint density at radius 2 is 2.06 bits per heavy atom. The Hall–Kier alpha value is -2.42. The number of hydrogen-bond donors (Lipinski definition) is 1. The number of halogens is 2. The number of urea groups is 1. The summed E-state index contributed by atoms with van der Waals surface area (Å²) in [6.07, 6.45) is 11.2. The number of amides is 2. The smallest absolute Gasteiger partial charge is 0.326 e. The molecule has 186 valence electrons. The summed E-state index contributed by atoms with van der Waals surface area (Å²) in [6, 6.07) is 7.02. The third kappa shape index (κ3) is 3.85. The maximum Gasteiger partial charge on any atom is 0.326 e. The van der Waals surface area contributed by atoms with Crippen molar-refractivity contribution in [2.75, 3.05) is 11.4 Å². The molecule has 2 unspecified atom stereocenters. The van der Waals surface area contributed by atoms with Gasteiger partial charge in [0.05, 0.1) is 12.2 Å². The highest BCUT2D eigenvalue weighted by Gasteiger charge is 2.48. The fourth-order valence-corrected chi connectivity index (χ4v) is 7.51. The Morgan fingerprint density at radius 1 is 1.22 bits per heavy atom. The Balaban J connectivity index is 1.22. The lowest BCUT2D eigenvalue weighted by Gasteiger charge is -2.40. The standard InChI is InChI=1S/C29H29FIN3O2/c1-16-11-18-6-9-25(27-22(30)3-2-10-32-27)36-26(18)12-24(16)34-15-21-20(17-4-5-17)13-29(31,19-7-8-19)14-23(21)33-28(34)35/h2-3,10-12,14,17,19,25H,4-9,13,15H2,1H3,(H,33,35). The predicted molar refractivity (Wildman–Crippen MR) is 145 cm³/mol.